The number of hydrogen-bond acceptors (Lipinski definition) is 5. The van der Waals surface area contributed by atoms with E-state index in [9.17, 15) is 4.79 Å². The Kier molecular flexibility index (Phi) is 5.69. The minimum atomic E-state index is -0.222. The van der Waals surface area contributed by atoms with Crippen molar-refractivity contribution in [2.24, 2.45) is 5.92 Å². The van der Waals surface area contributed by atoms with Gasteiger partial charge in [0.25, 0.3) is 0 Å². The van der Waals surface area contributed by atoms with Crippen LogP contribution in [0.1, 0.15) is 38.6 Å². The van der Waals surface area contributed by atoms with Gasteiger partial charge < -0.3 is 14.2 Å². The lowest BCUT2D eigenvalue weighted by Gasteiger charge is -2.11. The SMILES string of the molecule is C=CC(=O)N(C)Cc1nc([C@H](C)OCC(C)C)no1. The summed E-state index contributed by atoms with van der Waals surface area (Å²) in [5.41, 5.74) is 0. The minimum Gasteiger partial charge on any atom is -0.370 e. The first-order valence-corrected chi connectivity index (χ1v) is 6.25. The van der Waals surface area contributed by atoms with Gasteiger partial charge >= 0.3 is 0 Å². The van der Waals surface area contributed by atoms with E-state index < -0.39 is 0 Å². The maximum atomic E-state index is 11.3. The summed E-state index contributed by atoms with van der Waals surface area (Å²) in [6.07, 6.45) is 1.02. The van der Waals surface area contributed by atoms with Gasteiger partial charge in [-0.15, -0.1) is 0 Å². The summed E-state index contributed by atoms with van der Waals surface area (Å²) in [5.74, 6) is 1.14. The number of amides is 1. The number of carbonyl (C=O) groups excluding carboxylic acids is 1. The summed E-state index contributed by atoms with van der Waals surface area (Å²) in [4.78, 5) is 17.0. The molecule has 0 fully saturated rings. The lowest BCUT2D eigenvalue weighted by atomic mass is 10.2. The monoisotopic (exact) mass is 267 g/mol. The van der Waals surface area contributed by atoms with Crippen LogP contribution in [0.3, 0.4) is 0 Å². The number of rotatable bonds is 7. The van der Waals surface area contributed by atoms with Gasteiger partial charge in [0.1, 0.15) is 6.10 Å². The molecule has 1 aromatic heterocycles. The fourth-order valence-electron chi connectivity index (χ4n) is 1.35. The third kappa shape index (κ3) is 4.82. The van der Waals surface area contributed by atoms with Crippen LogP contribution in [-0.2, 0) is 16.1 Å². The van der Waals surface area contributed by atoms with Gasteiger partial charge in [0.15, 0.2) is 5.82 Å². The van der Waals surface area contributed by atoms with Crippen LogP contribution in [0.4, 0.5) is 0 Å². The number of likely N-dealkylation sites (N-methyl/N-ethyl adjacent to an activating group) is 1. The average molecular weight is 267 g/mol. The quantitative estimate of drug-likeness (QED) is 0.706. The fraction of sp³-hybridized carbons (Fsp3) is 0.615. The van der Waals surface area contributed by atoms with Crippen LogP contribution in [0.2, 0.25) is 0 Å². The molecule has 1 heterocycles. The second-order valence-electron chi connectivity index (χ2n) is 4.81. The molecule has 19 heavy (non-hydrogen) atoms. The number of hydrogen-bond donors (Lipinski definition) is 0. The van der Waals surface area contributed by atoms with Gasteiger partial charge in [-0.2, -0.15) is 4.98 Å². The van der Waals surface area contributed by atoms with Crippen molar-refractivity contribution in [1.82, 2.24) is 15.0 Å². The molecule has 0 radical (unpaired) electrons. The van der Waals surface area contributed by atoms with E-state index in [1.807, 2.05) is 6.92 Å². The Morgan fingerprint density at radius 2 is 2.21 bits per heavy atom. The van der Waals surface area contributed by atoms with Gasteiger partial charge in [-0.1, -0.05) is 25.6 Å². The van der Waals surface area contributed by atoms with E-state index in [1.54, 1.807) is 7.05 Å². The predicted molar refractivity (Wildman–Crippen MR) is 70.2 cm³/mol. The zero-order valence-electron chi connectivity index (χ0n) is 11.9. The molecule has 1 atom stereocenters. The van der Waals surface area contributed by atoms with Gasteiger partial charge in [0.2, 0.25) is 11.8 Å². The molecule has 106 valence electrons. The van der Waals surface area contributed by atoms with Gasteiger partial charge in [0, 0.05) is 13.7 Å². The first-order chi connectivity index (χ1) is 8.93. The molecule has 0 saturated heterocycles. The number of aromatic nitrogens is 2. The molecule has 0 bridgehead atoms. The molecule has 1 amide bonds. The summed E-state index contributed by atoms with van der Waals surface area (Å²) in [6.45, 7) is 10.3. The maximum Gasteiger partial charge on any atom is 0.246 e. The largest absolute Gasteiger partial charge is 0.370 e. The van der Waals surface area contributed by atoms with E-state index in [-0.39, 0.29) is 18.6 Å². The molecular weight excluding hydrogens is 246 g/mol. The molecule has 0 spiro atoms. The molecule has 0 aliphatic heterocycles. The molecule has 6 nitrogen and oxygen atoms in total. The molecule has 1 aromatic rings. The normalized spacial score (nSPS) is 12.5. The Morgan fingerprint density at radius 1 is 1.53 bits per heavy atom. The summed E-state index contributed by atoms with van der Waals surface area (Å²) < 4.78 is 10.7. The van der Waals surface area contributed by atoms with Crippen molar-refractivity contribution in [2.75, 3.05) is 13.7 Å². The molecule has 0 N–H and O–H groups in total. The van der Waals surface area contributed by atoms with Gasteiger partial charge in [-0.3, -0.25) is 4.79 Å². The predicted octanol–water partition coefficient (Wildman–Crippen LogP) is 1.95. The number of ether oxygens (including phenoxy) is 1. The van der Waals surface area contributed by atoms with E-state index in [0.717, 1.165) is 0 Å². The second-order valence-corrected chi connectivity index (χ2v) is 4.81. The van der Waals surface area contributed by atoms with E-state index in [0.29, 0.717) is 24.2 Å². The zero-order valence-corrected chi connectivity index (χ0v) is 11.9. The van der Waals surface area contributed by atoms with Crippen molar-refractivity contribution in [3.63, 3.8) is 0 Å². The van der Waals surface area contributed by atoms with Crippen molar-refractivity contribution >= 4 is 5.91 Å². The Hall–Kier alpha value is -1.69. The van der Waals surface area contributed by atoms with Crippen molar-refractivity contribution < 1.29 is 14.1 Å². The highest BCUT2D eigenvalue weighted by molar-refractivity contribution is 5.86. The van der Waals surface area contributed by atoms with Crippen LogP contribution in [0.15, 0.2) is 17.2 Å². The van der Waals surface area contributed by atoms with E-state index in [4.69, 9.17) is 9.26 Å². The summed E-state index contributed by atoms with van der Waals surface area (Å²) in [7, 11) is 1.65. The molecule has 0 aromatic carbocycles. The zero-order chi connectivity index (χ0) is 14.4. The standard InChI is InChI=1S/C13H21N3O3/c1-6-12(17)16(5)7-11-14-13(15-19-11)10(4)18-8-9(2)3/h6,9-10H,1,7-8H2,2-5H3/t10-/m0/s1. The van der Waals surface area contributed by atoms with E-state index >= 15 is 0 Å². The molecule has 6 heteroatoms. The molecule has 0 aliphatic rings. The highest BCUT2D eigenvalue weighted by Crippen LogP contribution is 2.14. The Balaban J connectivity index is 2.56. The van der Waals surface area contributed by atoms with Crippen LogP contribution in [0.25, 0.3) is 0 Å². The number of nitrogens with zero attached hydrogens (tertiary/aromatic N) is 3. The maximum absolute atomic E-state index is 11.3. The van der Waals surface area contributed by atoms with Gasteiger partial charge in [-0.25, -0.2) is 0 Å². The first kappa shape index (κ1) is 15.4. The van der Waals surface area contributed by atoms with Crippen molar-refractivity contribution in [3.8, 4) is 0 Å². The van der Waals surface area contributed by atoms with Crippen LogP contribution in [0.5, 0.6) is 0 Å². The Bertz CT molecular complexity index is 429. The van der Waals surface area contributed by atoms with Gasteiger partial charge in [-0.05, 0) is 18.9 Å². The summed E-state index contributed by atoms with van der Waals surface area (Å²) in [6, 6.07) is 0. The molecule has 0 unspecified atom stereocenters. The highest BCUT2D eigenvalue weighted by atomic mass is 16.5. The summed E-state index contributed by atoms with van der Waals surface area (Å²) in [5, 5.41) is 3.86. The smallest absolute Gasteiger partial charge is 0.246 e. The van der Waals surface area contributed by atoms with Crippen molar-refractivity contribution in [1.29, 1.82) is 0 Å². The van der Waals surface area contributed by atoms with Crippen LogP contribution in [0, 0.1) is 5.92 Å². The van der Waals surface area contributed by atoms with E-state index in [2.05, 4.69) is 30.6 Å². The molecule has 0 aliphatic carbocycles. The number of carbonyl (C=O) groups is 1. The van der Waals surface area contributed by atoms with Crippen molar-refractivity contribution in [3.05, 3.63) is 24.4 Å². The average Bonchev–Trinajstić information content (AvgIpc) is 2.83. The fourth-order valence-corrected chi connectivity index (χ4v) is 1.35. The molecule has 0 saturated carbocycles. The lowest BCUT2D eigenvalue weighted by Crippen LogP contribution is -2.24. The topological polar surface area (TPSA) is 68.5 Å². The Morgan fingerprint density at radius 3 is 2.79 bits per heavy atom. The second kappa shape index (κ2) is 7.04. The Labute approximate surface area is 113 Å². The van der Waals surface area contributed by atoms with Crippen molar-refractivity contribution in [2.45, 2.75) is 33.4 Å². The van der Waals surface area contributed by atoms with Gasteiger partial charge in [0.05, 0.1) is 6.54 Å². The highest BCUT2D eigenvalue weighted by Gasteiger charge is 2.16. The molecular formula is C13H21N3O3. The third-order valence-corrected chi connectivity index (χ3v) is 2.45. The first-order valence-electron chi connectivity index (χ1n) is 6.25. The van der Waals surface area contributed by atoms with E-state index in [1.165, 1.54) is 11.0 Å². The van der Waals surface area contributed by atoms with Crippen LogP contribution >= 0.6 is 0 Å². The molecule has 1 rings (SSSR count). The lowest BCUT2D eigenvalue weighted by molar-refractivity contribution is -0.125. The summed E-state index contributed by atoms with van der Waals surface area (Å²) >= 11 is 0. The van der Waals surface area contributed by atoms with Crippen LogP contribution < -0.4 is 0 Å². The minimum absolute atomic E-state index is 0.191. The third-order valence-electron chi connectivity index (χ3n) is 2.45. The van der Waals surface area contributed by atoms with Crippen LogP contribution in [-0.4, -0.2) is 34.6 Å².